The van der Waals surface area contributed by atoms with Crippen molar-refractivity contribution in [2.24, 2.45) is 17.4 Å². The van der Waals surface area contributed by atoms with Crippen LogP contribution in [0, 0.1) is 18.7 Å². The minimum Gasteiger partial charge on any atom is -0.458 e. The number of hydrogen-bond donors (Lipinski definition) is 3. The lowest BCUT2D eigenvalue weighted by molar-refractivity contribution is -0.172. The molecule has 1 amide bonds. The number of fused-ring (bicyclic) bond motifs is 5. The molecule has 192 valence electrons. The summed E-state index contributed by atoms with van der Waals surface area (Å²) >= 11 is 0. The maximum atomic E-state index is 15.0. The molecule has 1 aliphatic carbocycles. The Kier molecular flexibility index (Phi) is 5.09. The molecule has 3 aromatic rings. The van der Waals surface area contributed by atoms with Gasteiger partial charge in [0, 0.05) is 29.1 Å². The molecule has 1 unspecified atom stereocenters. The Bertz CT molecular complexity index is 1610. The third-order valence-electron chi connectivity index (χ3n) is 8.53. The smallest absolute Gasteiger partial charge is 0.343 e. The Morgan fingerprint density at radius 2 is 2.08 bits per heavy atom. The van der Waals surface area contributed by atoms with Crippen molar-refractivity contribution in [2.45, 2.75) is 57.8 Å². The number of aromatic nitrogens is 2. The van der Waals surface area contributed by atoms with Crippen LogP contribution < -0.4 is 17.0 Å². The fourth-order valence-corrected chi connectivity index (χ4v) is 6.47. The largest absolute Gasteiger partial charge is 0.458 e. The van der Waals surface area contributed by atoms with Gasteiger partial charge in [0.1, 0.15) is 12.4 Å². The molecule has 5 N–H and O–H groups in total. The number of hydrogen-bond acceptors (Lipinski definition) is 7. The van der Waals surface area contributed by atoms with Gasteiger partial charge >= 0.3 is 5.97 Å². The van der Waals surface area contributed by atoms with Crippen molar-refractivity contribution in [2.75, 3.05) is 6.54 Å². The van der Waals surface area contributed by atoms with Crippen LogP contribution in [0.4, 0.5) is 4.39 Å². The summed E-state index contributed by atoms with van der Waals surface area (Å²) in [4.78, 5) is 43.3. The third kappa shape index (κ3) is 3.02. The number of ether oxygens (including phenoxy) is 1. The molecule has 3 aliphatic rings. The molecule has 0 spiro atoms. The molecule has 6 rings (SSSR count). The van der Waals surface area contributed by atoms with Gasteiger partial charge in [-0.1, -0.05) is 6.92 Å². The fraction of sp³-hybridized carbons (Fsp3) is 0.407. The average molecular weight is 507 g/mol. The molecule has 0 bridgehead atoms. The van der Waals surface area contributed by atoms with E-state index in [1.807, 2.05) is 0 Å². The second kappa shape index (κ2) is 7.93. The Labute approximate surface area is 211 Å². The predicted octanol–water partition coefficient (Wildman–Crippen LogP) is 1.62. The van der Waals surface area contributed by atoms with E-state index in [-0.39, 0.29) is 54.5 Å². The Morgan fingerprint density at radius 3 is 2.76 bits per heavy atom. The van der Waals surface area contributed by atoms with Gasteiger partial charge in [0.05, 0.1) is 34.9 Å². The highest BCUT2D eigenvalue weighted by Crippen LogP contribution is 2.48. The topological polar surface area (TPSA) is 151 Å². The number of cyclic esters (lactones) is 1. The summed E-state index contributed by atoms with van der Waals surface area (Å²) in [5.74, 6) is -2.66. The first-order valence-electron chi connectivity index (χ1n) is 12.4. The first-order chi connectivity index (χ1) is 17.6. The van der Waals surface area contributed by atoms with E-state index in [0.717, 1.165) is 22.1 Å². The standard InChI is InChI=1S/C27H27FN4O5/c1-3-27(36)17-6-20-23-15(9-32(20)25(34)16(17)10-37-26(27)35)21-13(14(8-29)24(30)33)5-4-12-11(2)18(28)7-19(31-23)22(12)21/h6-7,13-14,36H,3-5,8-10,29H2,1-2H3,(H2,30,33)/t13-,14?,27-/m0/s1. The van der Waals surface area contributed by atoms with Crippen LogP contribution in [-0.2, 0) is 39.5 Å². The normalized spacial score (nSPS) is 22.3. The minimum atomic E-state index is -1.95. The van der Waals surface area contributed by atoms with Gasteiger partial charge < -0.3 is 25.9 Å². The van der Waals surface area contributed by atoms with Crippen LogP contribution in [0.25, 0.3) is 22.3 Å². The zero-order valence-electron chi connectivity index (χ0n) is 20.6. The van der Waals surface area contributed by atoms with E-state index in [4.69, 9.17) is 21.2 Å². The highest BCUT2D eigenvalue weighted by Gasteiger charge is 2.46. The van der Waals surface area contributed by atoms with Gasteiger partial charge in [0.15, 0.2) is 5.60 Å². The summed E-state index contributed by atoms with van der Waals surface area (Å²) in [7, 11) is 0. The number of carbonyl (C=O) groups is 2. The summed E-state index contributed by atoms with van der Waals surface area (Å²) in [5, 5.41) is 11.9. The number of carbonyl (C=O) groups excluding carboxylic acids is 2. The fourth-order valence-electron chi connectivity index (χ4n) is 6.47. The van der Waals surface area contributed by atoms with Crippen molar-refractivity contribution >= 4 is 22.8 Å². The summed E-state index contributed by atoms with van der Waals surface area (Å²) < 4.78 is 21.6. The van der Waals surface area contributed by atoms with Gasteiger partial charge in [0.2, 0.25) is 5.91 Å². The monoisotopic (exact) mass is 506 g/mol. The van der Waals surface area contributed by atoms with Crippen molar-refractivity contribution in [1.29, 1.82) is 0 Å². The summed E-state index contributed by atoms with van der Waals surface area (Å²) in [6, 6.07) is 3.00. The number of halogens is 1. The molecule has 3 atom stereocenters. The molecule has 10 heteroatoms. The first kappa shape index (κ1) is 23.7. The lowest BCUT2D eigenvalue weighted by atomic mass is 9.72. The number of nitrogens with zero attached hydrogens (tertiary/aromatic N) is 2. The molecule has 0 radical (unpaired) electrons. The number of amides is 1. The van der Waals surface area contributed by atoms with Crippen molar-refractivity contribution in [3.05, 3.63) is 61.7 Å². The SMILES string of the molecule is CC[C@@]1(O)C(=O)OCc2c1cc1n(c2=O)Cc2c-1nc1cc(F)c(C)c3c1c2[C@H](C(CN)C(N)=O)CC3. The Balaban J connectivity index is 1.69. The average Bonchev–Trinajstić information content (AvgIpc) is 3.24. The van der Waals surface area contributed by atoms with Gasteiger partial charge in [-0.25, -0.2) is 14.2 Å². The van der Waals surface area contributed by atoms with Gasteiger partial charge in [0.25, 0.3) is 5.56 Å². The molecule has 0 saturated heterocycles. The third-order valence-corrected chi connectivity index (χ3v) is 8.53. The zero-order chi connectivity index (χ0) is 26.4. The number of aryl methyl sites for hydroxylation is 1. The molecule has 0 fully saturated rings. The predicted molar refractivity (Wildman–Crippen MR) is 132 cm³/mol. The summed E-state index contributed by atoms with van der Waals surface area (Å²) in [6.07, 6.45) is 1.12. The van der Waals surface area contributed by atoms with Crippen LogP contribution in [0.2, 0.25) is 0 Å². The number of aliphatic hydroxyl groups is 1. The van der Waals surface area contributed by atoms with E-state index in [0.29, 0.717) is 35.3 Å². The second-order valence-electron chi connectivity index (χ2n) is 10.2. The first-order valence-corrected chi connectivity index (χ1v) is 12.4. The van der Waals surface area contributed by atoms with E-state index in [2.05, 4.69) is 0 Å². The number of primary amides is 1. The van der Waals surface area contributed by atoms with E-state index in [9.17, 15) is 23.9 Å². The summed E-state index contributed by atoms with van der Waals surface area (Å²) in [6.45, 7) is 3.36. The number of benzene rings is 1. The minimum absolute atomic E-state index is 0.0255. The highest BCUT2D eigenvalue weighted by atomic mass is 19.1. The number of esters is 1. The lowest BCUT2D eigenvalue weighted by Crippen LogP contribution is -2.44. The summed E-state index contributed by atoms with van der Waals surface area (Å²) in [5.41, 5.74) is 14.1. The van der Waals surface area contributed by atoms with Crippen LogP contribution in [0.1, 0.15) is 59.1 Å². The van der Waals surface area contributed by atoms with E-state index in [1.165, 1.54) is 10.6 Å². The van der Waals surface area contributed by atoms with Gasteiger partial charge in [-0.3, -0.25) is 9.59 Å². The molecule has 2 aromatic heterocycles. The number of rotatable bonds is 4. The van der Waals surface area contributed by atoms with Crippen molar-refractivity contribution < 1.29 is 23.8 Å². The zero-order valence-corrected chi connectivity index (χ0v) is 20.6. The second-order valence-corrected chi connectivity index (χ2v) is 10.2. The Hall–Kier alpha value is -3.63. The maximum absolute atomic E-state index is 15.0. The highest BCUT2D eigenvalue weighted by molar-refractivity contribution is 5.94. The molecular formula is C27H27FN4O5. The Morgan fingerprint density at radius 1 is 1.32 bits per heavy atom. The molecule has 1 aromatic carbocycles. The van der Waals surface area contributed by atoms with Crippen LogP contribution in [0.3, 0.4) is 0 Å². The van der Waals surface area contributed by atoms with Gasteiger partial charge in [-0.2, -0.15) is 0 Å². The van der Waals surface area contributed by atoms with E-state index in [1.54, 1.807) is 19.9 Å². The quantitative estimate of drug-likeness (QED) is 0.356. The van der Waals surface area contributed by atoms with Crippen molar-refractivity contribution in [1.82, 2.24) is 9.55 Å². The maximum Gasteiger partial charge on any atom is 0.343 e. The van der Waals surface area contributed by atoms with E-state index < -0.39 is 23.4 Å². The molecule has 9 nitrogen and oxygen atoms in total. The number of nitrogens with two attached hydrogens (primary N) is 2. The molecular weight excluding hydrogens is 479 g/mol. The van der Waals surface area contributed by atoms with Crippen LogP contribution in [-0.4, -0.2) is 33.1 Å². The van der Waals surface area contributed by atoms with E-state index >= 15 is 0 Å². The molecule has 37 heavy (non-hydrogen) atoms. The molecule has 2 aliphatic heterocycles. The lowest BCUT2D eigenvalue weighted by Gasteiger charge is -2.32. The van der Waals surface area contributed by atoms with Crippen LogP contribution in [0.15, 0.2) is 16.9 Å². The van der Waals surface area contributed by atoms with Crippen molar-refractivity contribution in [3.63, 3.8) is 0 Å². The van der Waals surface area contributed by atoms with Crippen LogP contribution >= 0.6 is 0 Å². The number of pyridine rings is 2. The van der Waals surface area contributed by atoms with Gasteiger partial charge in [-0.15, -0.1) is 0 Å². The molecule has 4 heterocycles. The van der Waals surface area contributed by atoms with Gasteiger partial charge in [-0.05, 0) is 54.9 Å². The van der Waals surface area contributed by atoms with Crippen molar-refractivity contribution in [3.8, 4) is 11.4 Å². The molecule has 0 saturated carbocycles. The van der Waals surface area contributed by atoms with Crippen LogP contribution in [0.5, 0.6) is 0 Å².